The summed E-state index contributed by atoms with van der Waals surface area (Å²) in [5, 5.41) is 8.78. The maximum atomic E-state index is 5.44. The Morgan fingerprint density at radius 2 is 1.55 bits per heavy atom. The number of hydrogen-bond acceptors (Lipinski definition) is 7. The maximum Gasteiger partial charge on any atom is 0.203 e. The summed E-state index contributed by atoms with van der Waals surface area (Å²) in [6.45, 7) is 4.65. The van der Waals surface area contributed by atoms with Crippen LogP contribution in [0, 0.1) is 13.8 Å². The van der Waals surface area contributed by atoms with Gasteiger partial charge in [0.15, 0.2) is 17.1 Å². The number of aromatic nitrogens is 4. The number of hydrogen-bond donors (Lipinski definition) is 1. The van der Waals surface area contributed by atoms with Gasteiger partial charge in [-0.2, -0.15) is 5.10 Å². The van der Waals surface area contributed by atoms with E-state index in [1.807, 2.05) is 16.8 Å². The van der Waals surface area contributed by atoms with Crippen LogP contribution < -0.4 is 19.5 Å². The fourth-order valence-electron chi connectivity index (χ4n) is 3.67. The molecule has 0 atom stereocenters. The van der Waals surface area contributed by atoms with E-state index in [-0.39, 0.29) is 0 Å². The Morgan fingerprint density at radius 3 is 2.16 bits per heavy atom. The number of rotatable bonds is 7. The number of anilines is 1. The summed E-state index contributed by atoms with van der Waals surface area (Å²) in [6.07, 6.45) is 3.32. The Balaban J connectivity index is 1.65. The van der Waals surface area contributed by atoms with Crippen molar-refractivity contribution < 1.29 is 14.2 Å². The number of ether oxygens (including phenoxy) is 3. The summed E-state index contributed by atoms with van der Waals surface area (Å²) in [6, 6.07) is 10.1. The Bertz CT molecular complexity index is 1190. The molecule has 0 saturated heterocycles. The van der Waals surface area contributed by atoms with Crippen molar-refractivity contribution in [3.8, 4) is 22.9 Å². The molecular weight excluding hydrogens is 394 g/mol. The van der Waals surface area contributed by atoms with Crippen LogP contribution in [0.2, 0.25) is 0 Å². The summed E-state index contributed by atoms with van der Waals surface area (Å²) in [4.78, 5) is 8.88. The molecule has 2 aromatic carbocycles. The van der Waals surface area contributed by atoms with Crippen molar-refractivity contribution in [2.75, 3.05) is 26.6 Å². The second-order valence-corrected chi connectivity index (χ2v) is 7.25. The van der Waals surface area contributed by atoms with Gasteiger partial charge in [-0.15, -0.1) is 0 Å². The van der Waals surface area contributed by atoms with E-state index in [0.717, 1.165) is 22.3 Å². The summed E-state index contributed by atoms with van der Waals surface area (Å²) < 4.78 is 18.1. The predicted octanol–water partition coefficient (Wildman–Crippen LogP) is 4.07. The highest BCUT2D eigenvalue weighted by atomic mass is 16.5. The molecule has 0 fully saturated rings. The molecule has 31 heavy (non-hydrogen) atoms. The lowest BCUT2D eigenvalue weighted by Gasteiger charge is -2.14. The third-order valence-corrected chi connectivity index (χ3v) is 5.00. The zero-order valence-electron chi connectivity index (χ0n) is 18.3. The van der Waals surface area contributed by atoms with Crippen molar-refractivity contribution in [2.24, 2.45) is 0 Å². The third-order valence-electron chi connectivity index (χ3n) is 5.00. The van der Waals surface area contributed by atoms with Gasteiger partial charge in [-0.1, -0.05) is 6.07 Å². The number of nitrogens with zero attached hydrogens (tertiary/aromatic N) is 4. The van der Waals surface area contributed by atoms with Gasteiger partial charge in [0.2, 0.25) is 5.75 Å². The van der Waals surface area contributed by atoms with Crippen LogP contribution in [-0.4, -0.2) is 41.1 Å². The van der Waals surface area contributed by atoms with Crippen LogP contribution in [0.25, 0.3) is 16.7 Å². The standard InChI is InChI=1S/C23H25N5O3/c1-14-6-15(2)8-17(7-14)28-23-18(12-27-28)22(25-13-26-23)24-11-16-9-19(29-3)21(31-5)20(10-16)30-4/h6-10,12-13H,11H2,1-5H3,(H,24,25,26). The highest BCUT2D eigenvalue weighted by molar-refractivity contribution is 5.87. The molecule has 0 amide bonds. The van der Waals surface area contributed by atoms with Crippen molar-refractivity contribution in [1.29, 1.82) is 0 Å². The lowest BCUT2D eigenvalue weighted by molar-refractivity contribution is 0.324. The van der Waals surface area contributed by atoms with Gasteiger partial charge in [0.05, 0.1) is 38.6 Å². The smallest absolute Gasteiger partial charge is 0.203 e. The van der Waals surface area contributed by atoms with Crippen molar-refractivity contribution in [2.45, 2.75) is 20.4 Å². The summed E-state index contributed by atoms with van der Waals surface area (Å²) in [7, 11) is 4.79. The molecule has 0 aliphatic carbocycles. The van der Waals surface area contributed by atoms with Gasteiger partial charge in [0.1, 0.15) is 12.1 Å². The number of nitrogens with one attached hydrogen (secondary N) is 1. The van der Waals surface area contributed by atoms with E-state index < -0.39 is 0 Å². The fourth-order valence-corrected chi connectivity index (χ4v) is 3.67. The third kappa shape index (κ3) is 3.96. The van der Waals surface area contributed by atoms with E-state index in [0.29, 0.717) is 29.6 Å². The highest BCUT2D eigenvalue weighted by Gasteiger charge is 2.15. The average molecular weight is 419 g/mol. The number of fused-ring (bicyclic) bond motifs is 1. The minimum absolute atomic E-state index is 0.511. The lowest BCUT2D eigenvalue weighted by atomic mass is 10.1. The van der Waals surface area contributed by atoms with Crippen molar-refractivity contribution >= 4 is 16.9 Å². The van der Waals surface area contributed by atoms with Crippen LogP contribution in [0.1, 0.15) is 16.7 Å². The molecule has 0 unspecified atom stereocenters. The molecule has 8 nitrogen and oxygen atoms in total. The molecule has 0 bridgehead atoms. The Kier molecular flexibility index (Phi) is 5.62. The van der Waals surface area contributed by atoms with Gasteiger partial charge < -0.3 is 19.5 Å². The summed E-state index contributed by atoms with van der Waals surface area (Å²) in [5.74, 6) is 2.48. The number of benzene rings is 2. The minimum atomic E-state index is 0.511. The van der Waals surface area contributed by atoms with Crippen LogP contribution >= 0.6 is 0 Å². The van der Waals surface area contributed by atoms with Gasteiger partial charge in [-0.25, -0.2) is 14.6 Å². The zero-order valence-corrected chi connectivity index (χ0v) is 18.3. The van der Waals surface area contributed by atoms with E-state index in [1.54, 1.807) is 33.9 Å². The van der Waals surface area contributed by atoms with Crippen LogP contribution in [0.4, 0.5) is 5.82 Å². The largest absolute Gasteiger partial charge is 0.493 e. The van der Waals surface area contributed by atoms with E-state index in [1.165, 1.54) is 11.1 Å². The molecule has 4 rings (SSSR count). The monoisotopic (exact) mass is 419 g/mol. The highest BCUT2D eigenvalue weighted by Crippen LogP contribution is 2.38. The molecule has 0 saturated carbocycles. The SMILES string of the molecule is COc1cc(CNc2ncnc3c2cnn3-c2cc(C)cc(C)c2)cc(OC)c1OC. The predicted molar refractivity (Wildman–Crippen MR) is 120 cm³/mol. The maximum absolute atomic E-state index is 5.44. The minimum Gasteiger partial charge on any atom is -0.493 e. The lowest BCUT2D eigenvalue weighted by Crippen LogP contribution is -2.05. The Hall–Kier alpha value is -3.81. The molecule has 160 valence electrons. The first-order chi connectivity index (χ1) is 15.0. The Morgan fingerprint density at radius 1 is 0.871 bits per heavy atom. The van der Waals surface area contributed by atoms with Gasteiger partial charge in [0.25, 0.3) is 0 Å². The van der Waals surface area contributed by atoms with Gasteiger partial charge in [-0.05, 0) is 54.8 Å². The number of aryl methyl sites for hydroxylation is 2. The van der Waals surface area contributed by atoms with Crippen LogP contribution in [0.5, 0.6) is 17.2 Å². The first-order valence-electron chi connectivity index (χ1n) is 9.84. The first-order valence-corrected chi connectivity index (χ1v) is 9.84. The van der Waals surface area contributed by atoms with Crippen LogP contribution in [-0.2, 0) is 6.54 Å². The average Bonchev–Trinajstić information content (AvgIpc) is 3.21. The molecule has 0 aliphatic rings. The molecule has 0 aliphatic heterocycles. The topological polar surface area (TPSA) is 83.3 Å². The van der Waals surface area contributed by atoms with Gasteiger partial charge in [0, 0.05) is 6.54 Å². The van der Waals surface area contributed by atoms with Crippen molar-refractivity contribution in [3.05, 3.63) is 59.5 Å². The first kappa shape index (κ1) is 20.5. The van der Waals surface area contributed by atoms with Gasteiger partial charge in [-0.3, -0.25) is 0 Å². The van der Waals surface area contributed by atoms with E-state index in [9.17, 15) is 0 Å². The van der Waals surface area contributed by atoms with Crippen LogP contribution in [0.15, 0.2) is 42.9 Å². The Labute approximate surface area is 180 Å². The molecular formula is C23H25N5O3. The molecule has 0 radical (unpaired) electrons. The number of methoxy groups -OCH3 is 3. The second-order valence-electron chi connectivity index (χ2n) is 7.25. The molecule has 4 aromatic rings. The summed E-state index contributed by atoms with van der Waals surface area (Å²) >= 11 is 0. The fraction of sp³-hybridized carbons (Fsp3) is 0.261. The van der Waals surface area contributed by atoms with Crippen molar-refractivity contribution in [3.63, 3.8) is 0 Å². The quantitative estimate of drug-likeness (QED) is 0.483. The second kappa shape index (κ2) is 8.51. The van der Waals surface area contributed by atoms with E-state index in [2.05, 4.69) is 52.4 Å². The molecule has 0 spiro atoms. The van der Waals surface area contributed by atoms with Gasteiger partial charge >= 0.3 is 0 Å². The molecule has 1 N–H and O–H groups in total. The van der Waals surface area contributed by atoms with Crippen molar-refractivity contribution in [1.82, 2.24) is 19.7 Å². The molecule has 8 heteroatoms. The molecule has 2 aromatic heterocycles. The molecule has 2 heterocycles. The van der Waals surface area contributed by atoms with E-state index in [4.69, 9.17) is 14.2 Å². The normalized spacial score (nSPS) is 10.9. The zero-order chi connectivity index (χ0) is 22.0. The van der Waals surface area contributed by atoms with E-state index >= 15 is 0 Å². The summed E-state index contributed by atoms with van der Waals surface area (Å²) in [5.41, 5.74) is 5.03. The van der Waals surface area contributed by atoms with Crippen LogP contribution in [0.3, 0.4) is 0 Å².